The first-order valence-corrected chi connectivity index (χ1v) is 7.76. The number of ether oxygens (including phenoxy) is 1. The van der Waals surface area contributed by atoms with Gasteiger partial charge in [-0.1, -0.05) is 18.2 Å². The van der Waals surface area contributed by atoms with E-state index in [-0.39, 0.29) is 24.0 Å². The van der Waals surface area contributed by atoms with Crippen molar-refractivity contribution in [1.29, 1.82) is 0 Å². The summed E-state index contributed by atoms with van der Waals surface area (Å²) < 4.78 is 10.9. The molecule has 0 radical (unpaired) electrons. The molecule has 0 unspecified atom stereocenters. The maximum atomic E-state index is 5.53. The van der Waals surface area contributed by atoms with Gasteiger partial charge in [-0.05, 0) is 38.0 Å². The third-order valence-corrected chi connectivity index (χ3v) is 3.69. The van der Waals surface area contributed by atoms with Crippen LogP contribution in [0.25, 0.3) is 0 Å². The van der Waals surface area contributed by atoms with Crippen LogP contribution in [0.2, 0.25) is 0 Å². The van der Waals surface area contributed by atoms with Crippen LogP contribution in [0.3, 0.4) is 0 Å². The lowest BCUT2D eigenvalue weighted by atomic mass is 10.1. The number of hydrogen-bond donors (Lipinski definition) is 2. The molecule has 24 heavy (non-hydrogen) atoms. The lowest BCUT2D eigenvalue weighted by Crippen LogP contribution is -2.37. The summed E-state index contributed by atoms with van der Waals surface area (Å²) in [6.45, 7) is 5.40. The van der Waals surface area contributed by atoms with Gasteiger partial charge in [-0.15, -0.1) is 24.0 Å². The molecule has 132 valence electrons. The lowest BCUT2D eigenvalue weighted by molar-refractivity contribution is 0.409. The van der Waals surface area contributed by atoms with Crippen molar-refractivity contribution in [3.63, 3.8) is 0 Å². The van der Waals surface area contributed by atoms with E-state index >= 15 is 0 Å². The number of aryl methyl sites for hydroxylation is 2. The van der Waals surface area contributed by atoms with Crippen LogP contribution in [0, 0.1) is 13.8 Å². The van der Waals surface area contributed by atoms with E-state index in [9.17, 15) is 0 Å². The molecule has 6 heteroatoms. The minimum Gasteiger partial charge on any atom is -0.496 e. The Balaban J connectivity index is 0.00000288. The van der Waals surface area contributed by atoms with Gasteiger partial charge in [-0.3, -0.25) is 4.99 Å². The molecule has 1 heterocycles. The van der Waals surface area contributed by atoms with Crippen molar-refractivity contribution in [2.75, 3.05) is 20.7 Å². The zero-order chi connectivity index (χ0) is 16.7. The van der Waals surface area contributed by atoms with E-state index in [2.05, 4.69) is 21.7 Å². The number of methoxy groups -OCH3 is 1. The number of guanidine groups is 1. The van der Waals surface area contributed by atoms with E-state index in [0.717, 1.165) is 41.8 Å². The van der Waals surface area contributed by atoms with E-state index in [1.54, 1.807) is 14.2 Å². The van der Waals surface area contributed by atoms with Crippen molar-refractivity contribution in [2.24, 2.45) is 4.99 Å². The molecule has 0 atom stereocenters. The summed E-state index contributed by atoms with van der Waals surface area (Å²) in [5.74, 6) is 3.57. The van der Waals surface area contributed by atoms with E-state index < -0.39 is 0 Å². The van der Waals surface area contributed by atoms with Gasteiger partial charge < -0.3 is 19.8 Å². The third kappa shape index (κ3) is 5.74. The van der Waals surface area contributed by atoms with E-state index in [4.69, 9.17) is 9.15 Å². The first-order valence-electron chi connectivity index (χ1n) is 7.76. The average molecular weight is 443 g/mol. The predicted octanol–water partition coefficient (Wildman–Crippen LogP) is 3.43. The van der Waals surface area contributed by atoms with Crippen LogP contribution in [0.1, 0.15) is 22.6 Å². The van der Waals surface area contributed by atoms with Crippen LogP contribution in [-0.4, -0.2) is 26.7 Å². The normalized spacial score (nSPS) is 10.9. The van der Waals surface area contributed by atoms with Gasteiger partial charge in [-0.2, -0.15) is 0 Å². The van der Waals surface area contributed by atoms with E-state index in [1.807, 2.05) is 38.1 Å². The Kier molecular flexibility index (Phi) is 8.67. The molecule has 0 spiro atoms. The molecule has 0 saturated carbocycles. The van der Waals surface area contributed by atoms with Gasteiger partial charge in [0.15, 0.2) is 5.96 Å². The molecule has 1 aromatic heterocycles. The van der Waals surface area contributed by atoms with Crippen molar-refractivity contribution >= 4 is 29.9 Å². The zero-order valence-corrected chi connectivity index (χ0v) is 17.0. The molecule has 0 bridgehead atoms. The maximum absolute atomic E-state index is 5.53. The SMILES string of the molecule is CN=C(NCCc1ccccc1OC)NCc1cc(C)oc1C.I. The average Bonchev–Trinajstić information content (AvgIpc) is 2.88. The zero-order valence-electron chi connectivity index (χ0n) is 14.7. The van der Waals surface area contributed by atoms with Crippen molar-refractivity contribution < 1.29 is 9.15 Å². The number of furan rings is 1. The monoisotopic (exact) mass is 443 g/mol. The molecule has 2 rings (SSSR count). The molecule has 5 nitrogen and oxygen atoms in total. The number of nitrogens with one attached hydrogen (secondary N) is 2. The molecule has 2 aromatic rings. The fourth-order valence-corrected chi connectivity index (χ4v) is 2.48. The summed E-state index contributed by atoms with van der Waals surface area (Å²) in [5, 5.41) is 6.62. The highest BCUT2D eigenvalue weighted by molar-refractivity contribution is 14.0. The highest BCUT2D eigenvalue weighted by Gasteiger charge is 2.06. The summed E-state index contributed by atoms with van der Waals surface area (Å²) in [6, 6.07) is 10.1. The van der Waals surface area contributed by atoms with Crippen molar-refractivity contribution in [1.82, 2.24) is 10.6 Å². The summed E-state index contributed by atoms with van der Waals surface area (Å²) in [4.78, 5) is 4.25. The predicted molar refractivity (Wildman–Crippen MR) is 108 cm³/mol. The minimum absolute atomic E-state index is 0. The molecular formula is C18H26IN3O2. The fraction of sp³-hybridized carbons (Fsp3) is 0.389. The minimum atomic E-state index is 0. The van der Waals surface area contributed by atoms with Gasteiger partial charge in [0.1, 0.15) is 17.3 Å². The lowest BCUT2D eigenvalue weighted by Gasteiger charge is -2.12. The van der Waals surface area contributed by atoms with Crippen LogP contribution in [-0.2, 0) is 13.0 Å². The highest BCUT2D eigenvalue weighted by atomic mass is 127. The van der Waals surface area contributed by atoms with Crippen LogP contribution in [0.4, 0.5) is 0 Å². The molecule has 1 aromatic carbocycles. The third-order valence-electron chi connectivity index (χ3n) is 3.69. The molecule has 0 aliphatic carbocycles. The smallest absolute Gasteiger partial charge is 0.191 e. The standard InChI is InChI=1S/C18H25N3O2.HI/c1-13-11-16(14(2)23-13)12-21-18(19-3)20-10-9-15-7-5-6-8-17(15)22-4;/h5-8,11H,9-10,12H2,1-4H3,(H2,19,20,21);1H. The molecule has 0 amide bonds. The number of hydrogen-bond acceptors (Lipinski definition) is 3. The van der Waals surface area contributed by atoms with E-state index in [1.165, 1.54) is 5.56 Å². The number of halogens is 1. The van der Waals surface area contributed by atoms with Gasteiger partial charge in [0.2, 0.25) is 0 Å². The highest BCUT2D eigenvalue weighted by Crippen LogP contribution is 2.17. The molecule has 0 fully saturated rings. The fourth-order valence-electron chi connectivity index (χ4n) is 2.48. The van der Waals surface area contributed by atoms with Gasteiger partial charge in [0.05, 0.1) is 7.11 Å². The van der Waals surface area contributed by atoms with Crippen molar-refractivity contribution in [3.05, 3.63) is 53.0 Å². The van der Waals surface area contributed by atoms with Gasteiger partial charge in [-0.25, -0.2) is 0 Å². The largest absolute Gasteiger partial charge is 0.496 e. The molecule has 0 aliphatic rings. The second-order valence-corrected chi connectivity index (χ2v) is 5.35. The Hall–Kier alpha value is -1.70. The first kappa shape index (κ1) is 20.3. The number of aliphatic imine (C=N–C) groups is 1. The Labute approximate surface area is 160 Å². The van der Waals surface area contributed by atoms with Gasteiger partial charge >= 0.3 is 0 Å². The summed E-state index contributed by atoms with van der Waals surface area (Å²) in [7, 11) is 3.47. The summed E-state index contributed by atoms with van der Waals surface area (Å²) in [5.41, 5.74) is 2.33. The number of nitrogens with zero attached hydrogens (tertiary/aromatic N) is 1. The summed E-state index contributed by atoms with van der Waals surface area (Å²) in [6.07, 6.45) is 0.870. The van der Waals surface area contributed by atoms with Crippen LogP contribution in [0.5, 0.6) is 5.75 Å². The van der Waals surface area contributed by atoms with Crippen LogP contribution in [0.15, 0.2) is 39.7 Å². The topological polar surface area (TPSA) is 58.8 Å². The second kappa shape index (κ2) is 10.2. The first-order chi connectivity index (χ1) is 11.1. The Morgan fingerprint density at radius 2 is 1.92 bits per heavy atom. The second-order valence-electron chi connectivity index (χ2n) is 5.35. The van der Waals surface area contributed by atoms with Gasteiger partial charge in [0.25, 0.3) is 0 Å². The maximum Gasteiger partial charge on any atom is 0.191 e. The number of para-hydroxylation sites is 1. The molecular weight excluding hydrogens is 417 g/mol. The Morgan fingerprint density at radius 1 is 1.17 bits per heavy atom. The Morgan fingerprint density at radius 3 is 2.54 bits per heavy atom. The quantitative estimate of drug-likeness (QED) is 0.408. The van der Waals surface area contributed by atoms with E-state index in [0.29, 0.717) is 6.54 Å². The van der Waals surface area contributed by atoms with Crippen molar-refractivity contribution in [2.45, 2.75) is 26.8 Å². The number of benzene rings is 1. The van der Waals surface area contributed by atoms with Crippen LogP contribution < -0.4 is 15.4 Å². The number of rotatable bonds is 6. The van der Waals surface area contributed by atoms with Crippen molar-refractivity contribution in [3.8, 4) is 5.75 Å². The Bertz CT molecular complexity index is 668. The molecule has 0 aliphatic heterocycles. The molecule has 2 N–H and O–H groups in total. The molecule has 0 saturated heterocycles. The van der Waals surface area contributed by atoms with Crippen LogP contribution >= 0.6 is 24.0 Å². The summed E-state index contributed by atoms with van der Waals surface area (Å²) >= 11 is 0. The van der Waals surface area contributed by atoms with Gasteiger partial charge in [0, 0.05) is 25.7 Å².